The van der Waals surface area contributed by atoms with Crippen LogP contribution in [0.5, 0.6) is 11.5 Å². The Hall–Kier alpha value is -2.91. The molecule has 152 valence electrons. The van der Waals surface area contributed by atoms with Gasteiger partial charge in [-0.2, -0.15) is 0 Å². The van der Waals surface area contributed by atoms with Crippen LogP contribution >= 0.6 is 0 Å². The SMILES string of the molecule is CC1(C)Cc2cccc(OCCNS(=O)(=O)c3ccc4c(c3)C(=O)NC4=O)c2O1. The lowest BCUT2D eigenvalue weighted by Crippen LogP contribution is -2.28. The standard InChI is InChI=1S/C20H20N2O6S/c1-20(2)11-12-4-3-5-16(17(12)28-20)27-9-8-21-29(25,26)13-6-7-14-15(10-13)19(24)22-18(14)23/h3-7,10,21H,8-9,11H2,1-2H3,(H,22,23,24). The minimum absolute atomic E-state index is 0.0254. The van der Waals surface area contributed by atoms with Gasteiger partial charge in [0, 0.05) is 18.5 Å². The smallest absolute Gasteiger partial charge is 0.258 e. The third kappa shape index (κ3) is 3.70. The number of imide groups is 1. The molecule has 2 heterocycles. The van der Waals surface area contributed by atoms with E-state index in [1.54, 1.807) is 6.07 Å². The summed E-state index contributed by atoms with van der Waals surface area (Å²) in [6.07, 6.45) is 0.778. The van der Waals surface area contributed by atoms with Crippen molar-refractivity contribution in [3.8, 4) is 11.5 Å². The van der Waals surface area contributed by atoms with Gasteiger partial charge in [0.15, 0.2) is 11.5 Å². The number of fused-ring (bicyclic) bond motifs is 2. The number of sulfonamides is 1. The predicted molar refractivity (Wildman–Crippen MR) is 104 cm³/mol. The molecule has 8 nitrogen and oxygen atoms in total. The van der Waals surface area contributed by atoms with Crippen molar-refractivity contribution in [2.24, 2.45) is 0 Å². The Morgan fingerprint density at radius 2 is 1.90 bits per heavy atom. The molecule has 2 aromatic rings. The topological polar surface area (TPSA) is 111 Å². The third-order valence-corrected chi connectivity index (χ3v) is 6.18. The van der Waals surface area contributed by atoms with E-state index in [-0.39, 0.29) is 34.8 Å². The molecule has 0 fully saturated rings. The molecule has 0 spiro atoms. The van der Waals surface area contributed by atoms with E-state index in [9.17, 15) is 18.0 Å². The molecule has 0 bridgehead atoms. The highest BCUT2D eigenvalue weighted by atomic mass is 32.2. The van der Waals surface area contributed by atoms with Gasteiger partial charge in [-0.3, -0.25) is 14.9 Å². The van der Waals surface area contributed by atoms with Crippen molar-refractivity contribution >= 4 is 21.8 Å². The summed E-state index contributed by atoms with van der Waals surface area (Å²) in [6, 6.07) is 9.45. The van der Waals surface area contributed by atoms with E-state index in [1.807, 2.05) is 26.0 Å². The highest BCUT2D eigenvalue weighted by Gasteiger charge is 2.32. The molecule has 0 saturated heterocycles. The van der Waals surface area contributed by atoms with E-state index in [2.05, 4.69) is 10.0 Å². The lowest BCUT2D eigenvalue weighted by molar-refractivity contribution is 0.0879. The summed E-state index contributed by atoms with van der Waals surface area (Å²) >= 11 is 0. The quantitative estimate of drug-likeness (QED) is 0.547. The van der Waals surface area contributed by atoms with Gasteiger partial charge in [-0.15, -0.1) is 0 Å². The van der Waals surface area contributed by atoms with Crippen LogP contribution in [0, 0.1) is 0 Å². The van der Waals surface area contributed by atoms with Crippen LogP contribution in [-0.2, 0) is 16.4 Å². The lowest BCUT2D eigenvalue weighted by atomic mass is 10.0. The average molecular weight is 416 g/mol. The van der Waals surface area contributed by atoms with Crippen LogP contribution in [0.4, 0.5) is 0 Å². The molecule has 0 aromatic heterocycles. The molecule has 2 amide bonds. The second-order valence-corrected chi connectivity index (χ2v) is 9.29. The minimum atomic E-state index is -3.86. The van der Waals surface area contributed by atoms with Gasteiger partial charge in [-0.05, 0) is 38.1 Å². The average Bonchev–Trinajstić information content (AvgIpc) is 3.13. The van der Waals surface area contributed by atoms with Crippen LogP contribution in [0.2, 0.25) is 0 Å². The Labute approximate surface area is 168 Å². The van der Waals surface area contributed by atoms with Gasteiger partial charge in [-0.1, -0.05) is 12.1 Å². The molecule has 0 saturated carbocycles. The van der Waals surface area contributed by atoms with Gasteiger partial charge in [0.05, 0.1) is 16.0 Å². The molecule has 4 rings (SSSR count). The van der Waals surface area contributed by atoms with Crippen LogP contribution in [0.1, 0.15) is 40.1 Å². The van der Waals surface area contributed by atoms with E-state index in [4.69, 9.17) is 9.47 Å². The molecule has 0 atom stereocenters. The molecule has 29 heavy (non-hydrogen) atoms. The minimum Gasteiger partial charge on any atom is -0.488 e. The van der Waals surface area contributed by atoms with Gasteiger partial charge >= 0.3 is 0 Å². The Morgan fingerprint density at radius 3 is 2.69 bits per heavy atom. The number of nitrogens with one attached hydrogen (secondary N) is 2. The molecule has 0 unspecified atom stereocenters. The third-order valence-electron chi connectivity index (χ3n) is 4.72. The number of para-hydroxylation sites is 1. The van der Waals surface area contributed by atoms with Crippen LogP contribution in [0.15, 0.2) is 41.3 Å². The van der Waals surface area contributed by atoms with Gasteiger partial charge < -0.3 is 9.47 Å². The van der Waals surface area contributed by atoms with E-state index in [0.717, 1.165) is 12.0 Å². The van der Waals surface area contributed by atoms with E-state index in [1.165, 1.54) is 18.2 Å². The second kappa shape index (κ2) is 6.85. The van der Waals surface area contributed by atoms with E-state index in [0.29, 0.717) is 11.5 Å². The van der Waals surface area contributed by atoms with Crippen LogP contribution in [0.3, 0.4) is 0 Å². The van der Waals surface area contributed by atoms with Crippen molar-refractivity contribution < 1.29 is 27.5 Å². The summed E-state index contributed by atoms with van der Waals surface area (Å²) in [5, 5.41) is 2.13. The summed E-state index contributed by atoms with van der Waals surface area (Å²) in [6.45, 7) is 4.12. The molecule has 0 aliphatic carbocycles. The van der Waals surface area contributed by atoms with Crippen molar-refractivity contribution in [1.82, 2.24) is 10.0 Å². The number of carbonyl (C=O) groups is 2. The number of ether oxygens (including phenoxy) is 2. The van der Waals surface area contributed by atoms with Gasteiger partial charge in [-0.25, -0.2) is 13.1 Å². The monoisotopic (exact) mass is 416 g/mol. The largest absolute Gasteiger partial charge is 0.488 e. The summed E-state index contributed by atoms with van der Waals surface area (Å²) in [5.74, 6) is 0.122. The molecular weight excluding hydrogens is 396 g/mol. The van der Waals surface area contributed by atoms with E-state index < -0.39 is 21.8 Å². The maximum absolute atomic E-state index is 12.5. The van der Waals surface area contributed by atoms with Crippen molar-refractivity contribution in [3.05, 3.63) is 53.1 Å². The molecule has 2 aliphatic heterocycles. The zero-order valence-electron chi connectivity index (χ0n) is 15.9. The number of hydrogen-bond donors (Lipinski definition) is 2. The Kier molecular flexibility index (Phi) is 4.59. The number of hydrogen-bond acceptors (Lipinski definition) is 6. The first kappa shape index (κ1) is 19.4. The van der Waals surface area contributed by atoms with Gasteiger partial charge in [0.2, 0.25) is 10.0 Å². The summed E-state index contributed by atoms with van der Waals surface area (Å²) in [4.78, 5) is 23.2. The number of amides is 2. The maximum Gasteiger partial charge on any atom is 0.258 e. The number of rotatable bonds is 6. The van der Waals surface area contributed by atoms with Crippen molar-refractivity contribution in [2.45, 2.75) is 30.8 Å². The van der Waals surface area contributed by atoms with Crippen LogP contribution in [0.25, 0.3) is 0 Å². The first-order valence-electron chi connectivity index (χ1n) is 9.09. The summed E-state index contributed by atoms with van der Waals surface area (Å²) in [7, 11) is -3.86. The molecule has 2 N–H and O–H groups in total. The highest BCUT2D eigenvalue weighted by Crippen LogP contribution is 2.41. The first-order valence-corrected chi connectivity index (χ1v) is 10.6. The fourth-order valence-electron chi connectivity index (χ4n) is 3.44. The molecule has 0 radical (unpaired) electrons. The lowest BCUT2D eigenvalue weighted by Gasteiger charge is -2.18. The fraction of sp³-hybridized carbons (Fsp3) is 0.300. The highest BCUT2D eigenvalue weighted by molar-refractivity contribution is 7.89. The first-order chi connectivity index (χ1) is 13.7. The predicted octanol–water partition coefficient (Wildman–Crippen LogP) is 1.64. The molecular formula is C20H20N2O6S. The van der Waals surface area contributed by atoms with E-state index >= 15 is 0 Å². The van der Waals surface area contributed by atoms with Crippen LogP contribution < -0.4 is 19.5 Å². The van der Waals surface area contributed by atoms with Crippen molar-refractivity contribution in [1.29, 1.82) is 0 Å². The normalized spacial score (nSPS) is 16.8. The Balaban J connectivity index is 1.40. The Bertz CT molecular complexity index is 1120. The van der Waals surface area contributed by atoms with Crippen molar-refractivity contribution in [2.75, 3.05) is 13.2 Å². The zero-order valence-corrected chi connectivity index (χ0v) is 16.8. The fourth-order valence-corrected chi connectivity index (χ4v) is 4.47. The maximum atomic E-state index is 12.5. The molecule has 9 heteroatoms. The van der Waals surface area contributed by atoms with Crippen LogP contribution in [-0.4, -0.2) is 39.0 Å². The summed E-state index contributed by atoms with van der Waals surface area (Å²) < 4.78 is 39.1. The Morgan fingerprint density at radius 1 is 1.14 bits per heavy atom. The summed E-state index contributed by atoms with van der Waals surface area (Å²) in [5.41, 5.74) is 0.968. The number of carbonyl (C=O) groups excluding carboxylic acids is 2. The van der Waals surface area contributed by atoms with Crippen molar-refractivity contribution in [3.63, 3.8) is 0 Å². The van der Waals surface area contributed by atoms with Gasteiger partial charge in [0.1, 0.15) is 12.2 Å². The second-order valence-electron chi connectivity index (χ2n) is 7.52. The van der Waals surface area contributed by atoms with Gasteiger partial charge in [0.25, 0.3) is 11.8 Å². The molecule has 2 aromatic carbocycles. The zero-order chi connectivity index (χ0) is 20.8. The molecule has 2 aliphatic rings. The number of benzene rings is 2.